The van der Waals surface area contributed by atoms with Gasteiger partial charge in [0.05, 0.1) is 17.7 Å². The standard InChI is InChI=1S/C20H15ClF3N3O2S/c1-9(28)27-7-6-12-13(8-27)30-19-14(12)16(20(22,23)24)15(18(25)26-19)17(29)10-2-4-11(21)5-3-10/h2-5H,6-8H2,1H3,(H2,25,26). The summed E-state index contributed by atoms with van der Waals surface area (Å²) >= 11 is 6.89. The van der Waals surface area contributed by atoms with Gasteiger partial charge in [-0.1, -0.05) is 11.6 Å². The van der Waals surface area contributed by atoms with Gasteiger partial charge >= 0.3 is 6.18 Å². The lowest BCUT2D eigenvalue weighted by Crippen LogP contribution is -2.33. The van der Waals surface area contributed by atoms with E-state index < -0.39 is 28.9 Å². The number of anilines is 1. The summed E-state index contributed by atoms with van der Waals surface area (Å²) in [7, 11) is 0. The zero-order chi connectivity index (χ0) is 21.8. The monoisotopic (exact) mass is 453 g/mol. The van der Waals surface area contributed by atoms with E-state index in [1.807, 2.05) is 0 Å². The van der Waals surface area contributed by atoms with Gasteiger partial charge in [-0.15, -0.1) is 11.3 Å². The minimum atomic E-state index is -4.82. The summed E-state index contributed by atoms with van der Waals surface area (Å²) in [5.41, 5.74) is 4.64. The Hall–Kier alpha value is -2.65. The fourth-order valence-electron chi connectivity index (χ4n) is 3.67. The SMILES string of the molecule is CC(=O)N1CCc2c(sc3nc(N)c(C(=O)c4ccc(Cl)cc4)c(C(F)(F)F)c23)C1. The summed E-state index contributed by atoms with van der Waals surface area (Å²) in [5, 5.41) is 0.253. The van der Waals surface area contributed by atoms with Gasteiger partial charge in [0.25, 0.3) is 0 Å². The van der Waals surface area contributed by atoms with Crippen molar-refractivity contribution in [2.75, 3.05) is 12.3 Å². The third kappa shape index (κ3) is 3.41. The van der Waals surface area contributed by atoms with Gasteiger partial charge in [-0.05, 0) is 36.2 Å². The van der Waals surface area contributed by atoms with E-state index in [0.29, 0.717) is 22.0 Å². The third-order valence-corrected chi connectivity index (χ3v) is 6.44. The van der Waals surface area contributed by atoms with Crippen molar-refractivity contribution >= 4 is 50.7 Å². The van der Waals surface area contributed by atoms with Crippen LogP contribution < -0.4 is 5.73 Å². The number of halogens is 4. The third-order valence-electron chi connectivity index (χ3n) is 5.08. The first-order chi connectivity index (χ1) is 14.1. The molecule has 0 bridgehead atoms. The van der Waals surface area contributed by atoms with Gasteiger partial charge in [-0.2, -0.15) is 13.2 Å². The highest BCUT2D eigenvalue weighted by Gasteiger charge is 2.41. The van der Waals surface area contributed by atoms with E-state index in [4.69, 9.17) is 17.3 Å². The Balaban J connectivity index is 1.98. The molecule has 3 aromatic rings. The van der Waals surface area contributed by atoms with Crippen molar-refractivity contribution in [1.29, 1.82) is 0 Å². The largest absolute Gasteiger partial charge is 0.417 e. The smallest absolute Gasteiger partial charge is 0.383 e. The molecule has 1 aromatic carbocycles. The van der Waals surface area contributed by atoms with Crippen molar-refractivity contribution in [3.8, 4) is 0 Å². The van der Waals surface area contributed by atoms with Crippen molar-refractivity contribution in [3.05, 3.63) is 56.4 Å². The zero-order valence-electron chi connectivity index (χ0n) is 15.6. The number of nitrogens with zero attached hydrogens (tertiary/aromatic N) is 2. The normalized spacial score (nSPS) is 14.1. The van der Waals surface area contributed by atoms with E-state index in [2.05, 4.69) is 4.98 Å². The second-order valence-electron chi connectivity index (χ2n) is 6.96. The lowest BCUT2D eigenvalue weighted by atomic mass is 9.93. The number of amides is 1. The molecule has 10 heteroatoms. The van der Waals surface area contributed by atoms with Gasteiger partial charge in [0.1, 0.15) is 10.6 Å². The summed E-state index contributed by atoms with van der Waals surface area (Å²) in [4.78, 5) is 31.1. The quantitative estimate of drug-likeness (QED) is 0.571. The highest BCUT2D eigenvalue weighted by atomic mass is 35.5. The molecule has 0 saturated carbocycles. The van der Waals surface area contributed by atoms with E-state index in [0.717, 1.165) is 11.3 Å². The molecular weight excluding hydrogens is 439 g/mol. The van der Waals surface area contributed by atoms with E-state index in [1.165, 1.54) is 31.2 Å². The van der Waals surface area contributed by atoms with Gasteiger partial charge in [-0.3, -0.25) is 9.59 Å². The molecule has 3 heterocycles. The van der Waals surface area contributed by atoms with Crippen molar-refractivity contribution in [2.45, 2.75) is 26.1 Å². The summed E-state index contributed by atoms with van der Waals surface area (Å²) in [6, 6.07) is 5.55. The van der Waals surface area contributed by atoms with Crippen LogP contribution in [0.5, 0.6) is 0 Å². The maximum Gasteiger partial charge on any atom is 0.417 e. The summed E-state index contributed by atoms with van der Waals surface area (Å²) in [5.74, 6) is -1.50. The molecule has 1 amide bonds. The Morgan fingerprint density at radius 1 is 1.23 bits per heavy atom. The van der Waals surface area contributed by atoms with Crippen LogP contribution in [0.25, 0.3) is 10.2 Å². The molecule has 4 rings (SSSR count). The molecule has 2 N–H and O–H groups in total. The second-order valence-corrected chi connectivity index (χ2v) is 8.48. The van der Waals surface area contributed by atoms with Crippen LogP contribution in [0.4, 0.5) is 19.0 Å². The Kier molecular flexibility index (Phi) is 4.98. The van der Waals surface area contributed by atoms with Crippen LogP contribution in [0, 0.1) is 0 Å². The number of fused-ring (bicyclic) bond motifs is 3. The van der Waals surface area contributed by atoms with Gasteiger partial charge in [-0.25, -0.2) is 4.98 Å². The number of alkyl halides is 3. The first kappa shape index (κ1) is 20.6. The summed E-state index contributed by atoms with van der Waals surface area (Å²) < 4.78 is 42.7. The maximum atomic E-state index is 14.2. The van der Waals surface area contributed by atoms with Crippen molar-refractivity contribution in [1.82, 2.24) is 9.88 Å². The molecule has 0 atom stereocenters. The Labute approximate surface area is 178 Å². The molecule has 30 heavy (non-hydrogen) atoms. The molecule has 1 aliphatic rings. The molecule has 0 fully saturated rings. The number of rotatable bonds is 2. The lowest BCUT2D eigenvalue weighted by Gasteiger charge is -2.26. The van der Waals surface area contributed by atoms with Crippen LogP contribution in [0.3, 0.4) is 0 Å². The molecule has 1 aliphatic heterocycles. The fraction of sp³-hybridized carbons (Fsp3) is 0.250. The average Bonchev–Trinajstić information content (AvgIpc) is 3.02. The Bertz CT molecular complexity index is 1190. The van der Waals surface area contributed by atoms with Gasteiger partial charge in [0.15, 0.2) is 5.78 Å². The van der Waals surface area contributed by atoms with Gasteiger partial charge in [0.2, 0.25) is 5.91 Å². The predicted molar refractivity (Wildman–Crippen MR) is 109 cm³/mol. The molecule has 156 valence electrons. The maximum absolute atomic E-state index is 14.2. The van der Waals surface area contributed by atoms with E-state index in [1.54, 1.807) is 4.90 Å². The van der Waals surface area contributed by atoms with Gasteiger partial charge < -0.3 is 10.6 Å². The number of benzene rings is 1. The Morgan fingerprint density at radius 2 is 1.90 bits per heavy atom. The molecule has 0 unspecified atom stereocenters. The number of carbonyl (C=O) groups excluding carboxylic acids is 2. The first-order valence-electron chi connectivity index (χ1n) is 8.94. The number of nitrogens with two attached hydrogens (primary N) is 1. The van der Waals surface area contributed by atoms with Gasteiger partial charge in [0, 0.05) is 34.3 Å². The molecule has 0 radical (unpaired) electrons. The summed E-state index contributed by atoms with van der Waals surface area (Å²) in [6.07, 6.45) is -4.57. The molecule has 5 nitrogen and oxygen atoms in total. The van der Waals surface area contributed by atoms with Crippen molar-refractivity contribution in [3.63, 3.8) is 0 Å². The predicted octanol–water partition coefficient (Wildman–Crippen LogP) is 4.69. The number of carbonyl (C=O) groups is 2. The van der Waals surface area contributed by atoms with Crippen LogP contribution in [0.2, 0.25) is 5.02 Å². The molecular formula is C20H15ClF3N3O2S. The van der Waals surface area contributed by atoms with Crippen LogP contribution in [0.15, 0.2) is 24.3 Å². The summed E-state index contributed by atoms with van der Waals surface area (Å²) in [6.45, 7) is 1.93. The molecule has 0 spiro atoms. The number of hydrogen-bond acceptors (Lipinski definition) is 5. The van der Waals surface area contributed by atoms with Crippen LogP contribution >= 0.6 is 22.9 Å². The van der Waals surface area contributed by atoms with Crippen molar-refractivity contribution < 1.29 is 22.8 Å². The first-order valence-corrected chi connectivity index (χ1v) is 10.1. The van der Waals surface area contributed by atoms with Crippen LogP contribution in [-0.4, -0.2) is 28.1 Å². The van der Waals surface area contributed by atoms with E-state index in [-0.39, 0.29) is 34.7 Å². The lowest BCUT2D eigenvalue weighted by molar-refractivity contribution is -0.136. The number of pyridine rings is 1. The highest BCUT2D eigenvalue weighted by Crippen LogP contribution is 2.45. The second kappa shape index (κ2) is 7.24. The number of thiophene rings is 1. The van der Waals surface area contributed by atoms with Crippen molar-refractivity contribution in [2.24, 2.45) is 0 Å². The van der Waals surface area contributed by atoms with E-state index in [9.17, 15) is 22.8 Å². The fourth-order valence-corrected chi connectivity index (χ4v) is 5.05. The van der Waals surface area contributed by atoms with Crippen LogP contribution in [0.1, 0.15) is 38.8 Å². The number of nitrogen functional groups attached to an aromatic ring is 1. The van der Waals surface area contributed by atoms with Crippen LogP contribution in [-0.2, 0) is 23.9 Å². The minimum absolute atomic E-state index is 0.0320. The zero-order valence-corrected chi connectivity index (χ0v) is 17.2. The topological polar surface area (TPSA) is 76.3 Å². The number of hydrogen-bond donors (Lipinski definition) is 1. The molecule has 0 aliphatic carbocycles. The number of aromatic nitrogens is 1. The average molecular weight is 454 g/mol. The number of ketones is 1. The Morgan fingerprint density at radius 3 is 2.50 bits per heavy atom. The van der Waals surface area contributed by atoms with E-state index >= 15 is 0 Å². The highest BCUT2D eigenvalue weighted by molar-refractivity contribution is 7.18. The minimum Gasteiger partial charge on any atom is -0.383 e. The molecule has 0 saturated heterocycles. The molecule has 2 aromatic heterocycles.